The molecule has 0 spiro atoms. The highest BCUT2D eigenvalue weighted by Gasteiger charge is 2.24. The normalized spacial score (nSPS) is 11.8. The van der Waals surface area contributed by atoms with E-state index in [1.165, 1.54) is 33.4 Å². The Bertz CT molecular complexity index is 1950. The number of primary amides is 1. The van der Waals surface area contributed by atoms with E-state index >= 15 is 0 Å². The molecule has 0 atom stereocenters. The smallest absolute Gasteiger partial charge is 0.248 e. The lowest BCUT2D eigenvalue weighted by Gasteiger charge is -2.15. The molecule has 0 radical (unpaired) electrons. The van der Waals surface area contributed by atoms with Gasteiger partial charge in [-0.3, -0.25) is 4.79 Å². The van der Waals surface area contributed by atoms with Crippen LogP contribution in [0, 0.1) is 13.8 Å². The van der Waals surface area contributed by atoms with Crippen LogP contribution in [0.25, 0.3) is 45.0 Å². The third kappa shape index (κ3) is 4.61. The predicted octanol–water partition coefficient (Wildman–Crippen LogP) is 8.22. The van der Waals surface area contributed by atoms with Crippen LogP contribution in [0.3, 0.4) is 0 Å². The van der Waals surface area contributed by atoms with Gasteiger partial charge in [-0.1, -0.05) is 108 Å². The van der Waals surface area contributed by atoms with Gasteiger partial charge in [-0.25, -0.2) is 4.98 Å². The van der Waals surface area contributed by atoms with Crippen molar-refractivity contribution in [2.45, 2.75) is 26.8 Å². The summed E-state index contributed by atoms with van der Waals surface area (Å²) in [7, 11) is 0. The molecule has 0 bridgehead atoms. The third-order valence-corrected chi connectivity index (χ3v) is 8.25. The summed E-state index contributed by atoms with van der Waals surface area (Å²) >= 11 is 0. The molecule has 42 heavy (non-hydrogen) atoms. The zero-order chi connectivity index (χ0) is 28.8. The molecule has 1 amide bonds. The van der Waals surface area contributed by atoms with Gasteiger partial charge in [-0.05, 0) is 66.3 Å². The Morgan fingerprint density at radius 2 is 1.33 bits per heavy atom. The first-order chi connectivity index (χ1) is 20.4. The van der Waals surface area contributed by atoms with E-state index < -0.39 is 5.91 Å². The van der Waals surface area contributed by atoms with Crippen LogP contribution in [-0.2, 0) is 13.0 Å². The van der Waals surface area contributed by atoms with Crippen molar-refractivity contribution in [2.75, 3.05) is 0 Å². The quantitative estimate of drug-likeness (QED) is 0.229. The highest BCUT2D eigenvalue weighted by atomic mass is 16.1. The predicted molar refractivity (Wildman–Crippen MR) is 170 cm³/mol. The van der Waals surface area contributed by atoms with Crippen LogP contribution in [0.4, 0.5) is 0 Å². The lowest BCUT2D eigenvalue weighted by Crippen LogP contribution is -2.11. The van der Waals surface area contributed by atoms with Crippen molar-refractivity contribution >= 4 is 5.91 Å². The molecule has 2 N–H and O–H groups in total. The van der Waals surface area contributed by atoms with Crippen LogP contribution in [0.15, 0.2) is 115 Å². The van der Waals surface area contributed by atoms with Crippen molar-refractivity contribution in [1.82, 2.24) is 9.55 Å². The molecule has 0 saturated carbocycles. The third-order valence-electron chi connectivity index (χ3n) is 8.25. The lowest BCUT2D eigenvalue weighted by molar-refractivity contribution is 0.100. The van der Waals surface area contributed by atoms with E-state index in [1.54, 1.807) is 12.1 Å². The first kappa shape index (κ1) is 25.7. The number of aryl methyl sites for hydroxylation is 2. The van der Waals surface area contributed by atoms with Gasteiger partial charge in [0.2, 0.25) is 5.91 Å². The van der Waals surface area contributed by atoms with Gasteiger partial charge >= 0.3 is 0 Å². The molecule has 1 aromatic heterocycles. The van der Waals surface area contributed by atoms with Crippen molar-refractivity contribution in [3.63, 3.8) is 0 Å². The molecule has 1 heterocycles. The summed E-state index contributed by atoms with van der Waals surface area (Å²) in [6.07, 6.45) is 0.954. The van der Waals surface area contributed by atoms with Gasteiger partial charge in [0.1, 0.15) is 5.82 Å². The number of rotatable bonds is 6. The topological polar surface area (TPSA) is 60.9 Å². The average molecular weight is 546 g/mol. The number of hydrogen-bond donors (Lipinski definition) is 1. The van der Waals surface area contributed by atoms with Crippen LogP contribution in [-0.4, -0.2) is 15.5 Å². The van der Waals surface area contributed by atoms with E-state index in [0.29, 0.717) is 12.1 Å². The van der Waals surface area contributed by atoms with Gasteiger partial charge < -0.3 is 10.3 Å². The number of fused-ring (bicyclic) bond motifs is 3. The Labute approximate surface area is 246 Å². The fourth-order valence-corrected chi connectivity index (χ4v) is 5.96. The van der Waals surface area contributed by atoms with Gasteiger partial charge in [0.05, 0.1) is 11.4 Å². The van der Waals surface area contributed by atoms with Crippen LogP contribution in [0.1, 0.15) is 38.2 Å². The number of amides is 1. The highest BCUT2D eigenvalue weighted by molar-refractivity contribution is 5.92. The Morgan fingerprint density at radius 1 is 0.714 bits per heavy atom. The monoisotopic (exact) mass is 545 g/mol. The second kappa shape index (κ2) is 10.3. The lowest BCUT2D eigenvalue weighted by atomic mass is 10.0. The molecule has 4 nitrogen and oxygen atoms in total. The van der Waals surface area contributed by atoms with Crippen molar-refractivity contribution in [3.8, 4) is 45.0 Å². The molecule has 0 aliphatic heterocycles. The van der Waals surface area contributed by atoms with E-state index in [1.807, 2.05) is 12.1 Å². The minimum atomic E-state index is -0.426. The van der Waals surface area contributed by atoms with E-state index in [-0.39, 0.29) is 0 Å². The summed E-state index contributed by atoms with van der Waals surface area (Å²) in [6.45, 7) is 4.80. The molecule has 204 valence electrons. The largest absolute Gasteiger partial charge is 0.366 e. The molecule has 1 aliphatic rings. The molecular formula is C38H31N3O. The molecule has 7 rings (SSSR count). The molecule has 6 aromatic rings. The Balaban J connectivity index is 1.46. The maximum absolute atomic E-state index is 11.7. The Hall–Kier alpha value is -5.22. The average Bonchev–Trinajstić information content (AvgIpc) is 3.56. The van der Waals surface area contributed by atoms with Gasteiger partial charge in [0, 0.05) is 28.8 Å². The van der Waals surface area contributed by atoms with Crippen LogP contribution in [0.5, 0.6) is 0 Å². The number of nitrogens with two attached hydrogens (primary N) is 1. The number of hydrogen-bond acceptors (Lipinski definition) is 2. The Kier molecular flexibility index (Phi) is 6.32. The maximum atomic E-state index is 11.7. The zero-order valence-corrected chi connectivity index (χ0v) is 23.8. The van der Waals surface area contributed by atoms with Crippen molar-refractivity contribution in [2.24, 2.45) is 5.73 Å². The number of benzene rings is 5. The number of aromatic nitrogens is 2. The van der Waals surface area contributed by atoms with Crippen LogP contribution < -0.4 is 5.73 Å². The van der Waals surface area contributed by atoms with Crippen LogP contribution in [0.2, 0.25) is 0 Å². The molecule has 0 fully saturated rings. The Morgan fingerprint density at radius 3 is 2.02 bits per heavy atom. The second-order valence-electron chi connectivity index (χ2n) is 11.2. The van der Waals surface area contributed by atoms with E-state index in [0.717, 1.165) is 45.9 Å². The van der Waals surface area contributed by atoms with E-state index in [2.05, 4.69) is 109 Å². The summed E-state index contributed by atoms with van der Waals surface area (Å²) in [5.41, 5.74) is 20.1. The van der Waals surface area contributed by atoms with Gasteiger partial charge in [0.25, 0.3) is 0 Å². The number of imidazole rings is 1. The van der Waals surface area contributed by atoms with Gasteiger partial charge in [-0.15, -0.1) is 0 Å². The molecular weight excluding hydrogens is 514 g/mol. The second-order valence-corrected chi connectivity index (χ2v) is 11.2. The molecule has 4 heteroatoms. The van der Waals surface area contributed by atoms with E-state index in [4.69, 9.17) is 10.7 Å². The summed E-state index contributed by atoms with van der Waals surface area (Å²) < 4.78 is 2.32. The zero-order valence-electron chi connectivity index (χ0n) is 23.8. The van der Waals surface area contributed by atoms with E-state index in [9.17, 15) is 4.79 Å². The fourth-order valence-electron chi connectivity index (χ4n) is 5.96. The minimum Gasteiger partial charge on any atom is -0.366 e. The summed E-state index contributed by atoms with van der Waals surface area (Å²) in [5.74, 6) is 0.484. The standard InChI is InChI=1S/C38H31N3O/c1-24-7-13-27(14-8-24)35-36(28-15-9-25(2)10-16-28)41(23-26-11-17-29(18-12-26)37(39)42)38(40-35)32-20-19-31-21-30-5-3-4-6-33(30)34(31)22-32/h3-20,22H,21,23H2,1-2H3,(H2,39,42). The fraction of sp³-hybridized carbons (Fsp3) is 0.105. The van der Waals surface area contributed by atoms with Crippen molar-refractivity contribution < 1.29 is 4.79 Å². The number of carbonyl (C=O) groups is 1. The first-order valence-electron chi connectivity index (χ1n) is 14.3. The SMILES string of the molecule is Cc1ccc(-c2nc(-c3ccc4c(c3)-c3ccccc3C4)n(Cc3ccc(C(N)=O)cc3)c2-c2ccc(C)cc2)cc1. The van der Waals surface area contributed by atoms with Crippen molar-refractivity contribution in [1.29, 1.82) is 0 Å². The number of carbonyl (C=O) groups excluding carboxylic acids is 1. The first-order valence-corrected chi connectivity index (χ1v) is 14.3. The molecule has 0 saturated heterocycles. The molecule has 5 aromatic carbocycles. The highest BCUT2D eigenvalue weighted by Crippen LogP contribution is 2.41. The van der Waals surface area contributed by atoms with Gasteiger partial charge in [0.15, 0.2) is 0 Å². The summed E-state index contributed by atoms with van der Waals surface area (Å²) in [6, 6.07) is 40.2. The summed E-state index contributed by atoms with van der Waals surface area (Å²) in [4.78, 5) is 17.1. The number of nitrogens with zero attached hydrogens (tertiary/aromatic N) is 2. The van der Waals surface area contributed by atoms with Crippen LogP contribution >= 0.6 is 0 Å². The molecule has 1 aliphatic carbocycles. The van der Waals surface area contributed by atoms with Crippen molar-refractivity contribution in [3.05, 3.63) is 149 Å². The minimum absolute atomic E-state index is 0.426. The molecule has 0 unspecified atom stereocenters. The maximum Gasteiger partial charge on any atom is 0.248 e. The summed E-state index contributed by atoms with van der Waals surface area (Å²) in [5, 5.41) is 0. The van der Waals surface area contributed by atoms with Gasteiger partial charge in [-0.2, -0.15) is 0 Å².